The summed E-state index contributed by atoms with van der Waals surface area (Å²) in [6.45, 7) is 7.20. The average Bonchev–Trinajstić information content (AvgIpc) is 3.13. The molecule has 0 aliphatic heterocycles. The molecule has 0 spiro atoms. The molecule has 0 radical (unpaired) electrons. The summed E-state index contributed by atoms with van der Waals surface area (Å²) in [5, 5.41) is 24.3. The number of carbonyl (C=O) groups excluding carboxylic acids is 1. The molecule has 4 aliphatic rings. The number of fused-ring (bicyclic) bond motifs is 5. The minimum atomic E-state index is -0.489. The summed E-state index contributed by atoms with van der Waals surface area (Å²) in [5.41, 5.74) is 0.420. The summed E-state index contributed by atoms with van der Waals surface area (Å²) in [6, 6.07) is 2.12. The fourth-order valence-corrected chi connectivity index (χ4v) is 9.55. The largest absolute Gasteiger partial charge is 0.390 e. The number of ketones is 1. The van der Waals surface area contributed by atoms with Gasteiger partial charge in [-0.25, -0.2) is 0 Å². The van der Waals surface area contributed by atoms with Crippen LogP contribution in [0.2, 0.25) is 0 Å². The van der Waals surface area contributed by atoms with Crippen molar-refractivity contribution in [3.63, 3.8) is 0 Å². The van der Waals surface area contributed by atoms with Gasteiger partial charge >= 0.3 is 0 Å². The number of rotatable bonds is 4. The minimum Gasteiger partial charge on any atom is -0.390 e. The summed E-state index contributed by atoms with van der Waals surface area (Å²) in [6.07, 6.45) is 16.1. The summed E-state index contributed by atoms with van der Waals surface area (Å²) in [5.74, 6) is 4.30. The molecule has 34 heavy (non-hydrogen) atoms. The molecule has 9 atom stereocenters. The van der Waals surface area contributed by atoms with Crippen LogP contribution in [-0.4, -0.2) is 26.3 Å². The summed E-state index contributed by atoms with van der Waals surface area (Å²) in [4.78, 5) is 13.6. The van der Waals surface area contributed by atoms with Crippen LogP contribution in [0.4, 0.5) is 0 Å². The smallest absolute Gasteiger partial charge is 0.157 e. The molecule has 1 aromatic rings. The Morgan fingerprint density at radius 3 is 2.76 bits per heavy atom. The van der Waals surface area contributed by atoms with Crippen LogP contribution < -0.4 is 0 Å². The number of Topliss-reactive ketones (excluding diaryl/α,β-unsaturated/α-hetero) is 1. The Labute approximate surface area is 205 Å². The lowest BCUT2D eigenvalue weighted by molar-refractivity contribution is -0.161. The van der Waals surface area contributed by atoms with Gasteiger partial charge in [0.05, 0.1) is 23.9 Å². The zero-order chi connectivity index (χ0) is 24.1. The Balaban J connectivity index is 1.40. The predicted molar refractivity (Wildman–Crippen MR) is 132 cm³/mol. The van der Waals surface area contributed by atoms with Crippen molar-refractivity contribution in [2.24, 2.45) is 46.8 Å². The van der Waals surface area contributed by atoms with Gasteiger partial charge in [0.25, 0.3) is 0 Å². The van der Waals surface area contributed by atoms with E-state index in [0.29, 0.717) is 47.0 Å². The van der Waals surface area contributed by atoms with Crippen molar-refractivity contribution in [1.82, 2.24) is 9.78 Å². The summed E-state index contributed by atoms with van der Waals surface area (Å²) >= 11 is 0. The van der Waals surface area contributed by atoms with E-state index in [1.165, 1.54) is 44.9 Å². The van der Waals surface area contributed by atoms with Gasteiger partial charge in [0.2, 0.25) is 0 Å². The lowest BCUT2D eigenvalue weighted by Gasteiger charge is -2.63. The number of aromatic nitrogens is 2. The Morgan fingerprint density at radius 1 is 1.24 bits per heavy atom. The first-order valence-corrected chi connectivity index (χ1v) is 14.0. The average molecular weight is 466 g/mol. The van der Waals surface area contributed by atoms with E-state index in [2.05, 4.69) is 31.9 Å². The zero-order valence-corrected chi connectivity index (χ0v) is 21.4. The van der Waals surface area contributed by atoms with Crippen LogP contribution in [0.15, 0.2) is 12.4 Å². The van der Waals surface area contributed by atoms with E-state index < -0.39 is 5.60 Å². The van der Waals surface area contributed by atoms with E-state index in [9.17, 15) is 9.90 Å². The summed E-state index contributed by atoms with van der Waals surface area (Å²) < 4.78 is 1.67. The van der Waals surface area contributed by atoms with Crippen LogP contribution in [0, 0.1) is 58.2 Å². The minimum absolute atomic E-state index is 0.126. The summed E-state index contributed by atoms with van der Waals surface area (Å²) in [7, 11) is 0. The van der Waals surface area contributed by atoms with Crippen molar-refractivity contribution in [2.75, 3.05) is 0 Å². The van der Waals surface area contributed by atoms with E-state index in [-0.39, 0.29) is 5.92 Å². The Bertz CT molecular complexity index is 945. The van der Waals surface area contributed by atoms with Crippen molar-refractivity contribution < 1.29 is 9.90 Å². The maximum atomic E-state index is 13.6. The van der Waals surface area contributed by atoms with Gasteiger partial charge in [-0.3, -0.25) is 9.48 Å². The highest BCUT2D eigenvalue weighted by molar-refractivity contribution is 5.81. The van der Waals surface area contributed by atoms with Crippen LogP contribution >= 0.6 is 0 Å². The molecule has 5 nitrogen and oxygen atoms in total. The van der Waals surface area contributed by atoms with Gasteiger partial charge in [0.15, 0.2) is 5.78 Å². The first-order valence-electron chi connectivity index (χ1n) is 14.0. The molecule has 5 rings (SSSR count). The Hall–Kier alpha value is -1.67. The number of hydrogen-bond acceptors (Lipinski definition) is 4. The highest BCUT2D eigenvalue weighted by Gasteiger charge is 2.59. The van der Waals surface area contributed by atoms with Gasteiger partial charge in [-0.1, -0.05) is 26.7 Å². The van der Waals surface area contributed by atoms with Crippen molar-refractivity contribution >= 4 is 5.78 Å². The molecule has 4 fully saturated rings. The monoisotopic (exact) mass is 465 g/mol. The van der Waals surface area contributed by atoms with E-state index in [0.717, 1.165) is 37.5 Å². The number of nitrogens with zero attached hydrogens (tertiary/aromatic N) is 3. The second-order valence-electron chi connectivity index (χ2n) is 12.7. The second kappa shape index (κ2) is 9.08. The van der Waals surface area contributed by atoms with Gasteiger partial charge in [0, 0.05) is 12.1 Å². The Morgan fingerprint density at radius 2 is 2.03 bits per heavy atom. The van der Waals surface area contributed by atoms with Crippen LogP contribution in [0.1, 0.15) is 97.0 Å². The molecule has 5 heteroatoms. The van der Waals surface area contributed by atoms with Crippen LogP contribution in [0.5, 0.6) is 0 Å². The fraction of sp³-hybridized carbons (Fsp3) is 0.828. The first-order chi connectivity index (χ1) is 16.3. The molecule has 1 heterocycles. The third-order valence-electron chi connectivity index (χ3n) is 11.0. The van der Waals surface area contributed by atoms with Crippen molar-refractivity contribution in [3.05, 3.63) is 18.0 Å². The molecule has 1 N–H and O–H groups in total. The van der Waals surface area contributed by atoms with E-state index in [1.54, 1.807) is 17.1 Å². The lowest BCUT2D eigenvalue weighted by Crippen LogP contribution is -2.57. The maximum absolute atomic E-state index is 13.6. The van der Waals surface area contributed by atoms with Crippen molar-refractivity contribution in [2.45, 2.75) is 104 Å². The highest BCUT2D eigenvalue weighted by atomic mass is 16.3. The quantitative estimate of drug-likeness (QED) is 0.613. The standard InChI is InChI=1S/C29H43N3O2/c1-4-29-12-11-28(3,34)14-21(29)9-10-22-23-7-5-6-8-24(27(23)19(2)13-25(22)29)26(33)18-32-17-20(15-30)16-31-32/h16-17,19,21-25,27,34H,4-14,18H2,1-3H3/t19-,21+,22-,23-,24-,25-,27-,28+,29-/m0/s1. The topological polar surface area (TPSA) is 78.9 Å². The molecular formula is C29H43N3O2. The first kappa shape index (κ1) is 24.0. The van der Waals surface area contributed by atoms with Gasteiger partial charge < -0.3 is 5.11 Å². The van der Waals surface area contributed by atoms with Gasteiger partial charge in [-0.2, -0.15) is 10.4 Å². The van der Waals surface area contributed by atoms with Crippen LogP contribution in [-0.2, 0) is 11.3 Å². The van der Waals surface area contributed by atoms with E-state index in [4.69, 9.17) is 5.26 Å². The molecule has 0 aromatic carbocycles. The molecule has 1 aromatic heterocycles. The molecule has 0 amide bonds. The third-order valence-corrected chi connectivity index (χ3v) is 11.0. The third kappa shape index (κ3) is 4.04. The van der Waals surface area contributed by atoms with Crippen LogP contribution in [0.25, 0.3) is 0 Å². The molecule has 0 bridgehead atoms. The molecule has 4 aliphatic carbocycles. The maximum Gasteiger partial charge on any atom is 0.157 e. The van der Waals surface area contributed by atoms with Gasteiger partial charge in [-0.15, -0.1) is 0 Å². The molecule has 0 saturated heterocycles. The molecule has 4 saturated carbocycles. The number of nitriles is 1. The fourth-order valence-electron chi connectivity index (χ4n) is 9.55. The zero-order valence-electron chi connectivity index (χ0n) is 21.4. The molecular weight excluding hydrogens is 422 g/mol. The molecule has 186 valence electrons. The van der Waals surface area contributed by atoms with Crippen molar-refractivity contribution in [1.29, 1.82) is 5.26 Å². The Kier molecular flexibility index (Phi) is 6.42. The lowest BCUT2D eigenvalue weighted by atomic mass is 9.42. The van der Waals surface area contributed by atoms with Gasteiger partial charge in [-0.05, 0) is 106 Å². The van der Waals surface area contributed by atoms with Crippen LogP contribution in [0.3, 0.4) is 0 Å². The highest BCUT2D eigenvalue weighted by Crippen LogP contribution is 2.66. The second-order valence-corrected chi connectivity index (χ2v) is 12.7. The van der Waals surface area contributed by atoms with Crippen molar-refractivity contribution in [3.8, 4) is 6.07 Å². The normalized spacial score (nSPS) is 44.1. The molecule has 0 unspecified atom stereocenters. The SMILES string of the molecule is CC[C@]12CC[C@@](C)(O)C[C@H]1CC[C@H]1[C@@H]3CCCC[C@@H](C(=O)Cn4cc(C#N)cn4)[C@H]3[C@@H](C)C[C@@H]12. The van der Waals surface area contributed by atoms with E-state index >= 15 is 0 Å². The number of hydrogen-bond donors (Lipinski definition) is 1. The van der Waals surface area contributed by atoms with Gasteiger partial charge in [0.1, 0.15) is 6.07 Å². The predicted octanol–water partition coefficient (Wildman–Crippen LogP) is 5.76. The number of carbonyl (C=O) groups is 1. The van der Waals surface area contributed by atoms with E-state index in [1.807, 2.05) is 0 Å². The number of aliphatic hydroxyl groups is 1.